The number of cyclic esters (lactones) is 2. The summed E-state index contributed by atoms with van der Waals surface area (Å²) in [5, 5.41) is 0. The predicted molar refractivity (Wildman–Crippen MR) is 56.9 cm³/mol. The predicted octanol–water partition coefficient (Wildman–Crippen LogP) is 1.41. The largest absolute Gasteiger partial charge is 0.481 e. The van der Waals surface area contributed by atoms with Crippen LogP contribution in [0.5, 0.6) is 5.88 Å². The first kappa shape index (κ1) is 11.1. The maximum Gasteiger partial charge on any atom is 0.321 e. The van der Waals surface area contributed by atoms with Crippen LogP contribution in [0, 0.1) is 0 Å². The molecular weight excluding hydrogens is 278 g/mol. The Hall–Kier alpha value is -1.43. The van der Waals surface area contributed by atoms with E-state index in [0.717, 1.165) is 4.47 Å². The summed E-state index contributed by atoms with van der Waals surface area (Å²) < 4.78 is 10.3. The number of methoxy groups -OCH3 is 1. The van der Waals surface area contributed by atoms with Crippen molar-refractivity contribution in [2.45, 2.75) is 12.3 Å². The Morgan fingerprint density at radius 1 is 1.56 bits per heavy atom. The van der Waals surface area contributed by atoms with Gasteiger partial charge in [-0.15, -0.1) is 0 Å². The van der Waals surface area contributed by atoms with Gasteiger partial charge in [-0.05, 0) is 22.0 Å². The Bertz CT molecular complexity index is 460. The van der Waals surface area contributed by atoms with Crippen LogP contribution < -0.4 is 4.74 Å². The summed E-state index contributed by atoms with van der Waals surface area (Å²) in [5.74, 6) is -1.35. The van der Waals surface area contributed by atoms with Crippen LogP contribution in [0.15, 0.2) is 16.7 Å². The first-order valence-corrected chi connectivity index (χ1v) is 5.35. The molecular formula is C10H8BrNO4. The van der Waals surface area contributed by atoms with Crippen molar-refractivity contribution in [2.75, 3.05) is 7.11 Å². The van der Waals surface area contributed by atoms with Crippen molar-refractivity contribution in [3.05, 3.63) is 22.3 Å². The van der Waals surface area contributed by atoms with Crippen molar-refractivity contribution >= 4 is 27.9 Å². The molecule has 1 aromatic rings. The third kappa shape index (κ3) is 1.92. The Balaban J connectivity index is 2.42. The second kappa shape index (κ2) is 4.21. The normalized spacial score (nSPS) is 19.8. The number of pyridine rings is 1. The number of aromatic nitrogens is 1. The van der Waals surface area contributed by atoms with Gasteiger partial charge in [-0.2, -0.15) is 0 Å². The van der Waals surface area contributed by atoms with E-state index in [-0.39, 0.29) is 6.42 Å². The van der Waals surface area contributed by atoms with Crippen LogP contribution in [0.2, 0.25) is 0 Å². The van der Waals surface area contributed by atoms with E-state index in [1.165, 1.54) is 7.11 Å². The molecule has 16 heavy (non-hydrogen) atoms. The molecule has 1 aliphatic heterocycles. The Morgan fingerprint density at radius 2 is 2.31 bits per heavy atom. The summed E-state index contributed by atoms with van der Waals surface area (Å²) in [4.78, 5) is 26.4. The van der Waals surface area contributed by atoms with Gasteiger partial charge in [0.05, 0.1) is 19.4 Å². The fraction of sp³-hybridized carbons (Fsp3) is 0.300. The average molecular weight is 286 g/mol. The summed E-state index contributed by atoms with van der Waals surface area (Å²) >= 11 is 3.25. The zero-order valence-electron chi connectivity index (χ0n) is 8.40. The molecule has 1 atom stereocenters. The first-order valence-electron chi connectivity index (χ1n) is 4.55. The monoisotopic (exact) mass is 285 g/mol. The molecule has 2 heterocycles. The molecule has 1 unspecified atom stereocenters. The molecule has 1 saturated heterocycles. The van der Waals surface area contributed by atoms with Crippen molar-refractivity contribution in [3.8, 4) is 5.88 Å². The Labute approximate surface area is 99.9 Å². The lowest BCUT2D eigenvalue weighted by Gasteiger charge is -2.09. The molecule has 84 valence electrons. The zero-order valence-corrected chi connectivity index (χ0v) is 9.98. The topological polar surface area (TPSA) is 65.5 Å². The quantitative estimate of drug-likeness (QED) is 0.607. The maximum absolute atomic E-state index is 11.4. The molecule has 1 aromatic heterocycles. The molecule has 0 saturated carbocycles. The number of nitrogens with zero attached hydrogens (tertiary/aromatic N) is 1. The van der Waals surface area contributed by atoms with Gasteiger partial charge in [-0.3, -0.25) is 9.59 Å². The third-order valence-electron chi connectivity index (χ3n) is 2.28. The number of hydrogen-bond donors (Lipinski definition) is 0. The van der Waals surface area contributed by atoms with Crippen LogP contribution in [0.25, 0.3) is 0 Å². The standard InChI is InChI=1S/C10H8BrNO4/c1-15-9-6(2-5(11)4-12-9)7-3-8(13)16-10(7)14/h2,4,7H,3H2,1H3. The van der Waals surface area contributed by atoms with Crippen LogP contribution in [0.3, 0.4) is 0 Å². The van der Waals surface area contributed by atoms with Gasteiger partial charge in [0.2, 0.25) is 5.88 Å². The second-order valence-electron chi connectivity index (χ2n) is 3.30. The Kier molecular flexibility index (Phi) is 2.91. The summed E-state index contributed by atoms with van der Waals surface area (Å²) in [6, 6.07) is 1.70. The fourth-order valence-electron chi connectivity index (χ4n) is 1.57. The lowest BCUT2D eigenvalue weighted by Crippen LogP contribution is -2.08. The van der Waals surface area contributed by atoms with Gasteiger partial charge in [-0.1, -0.05) is 0 Å². The highest BCUT2D eigenvalue weighted by molar-refractivity contribution is 9.10. The van der Waals surface area contributed by atoms with Crippen molar-refractivity contribution in [1.29, 1.82) is 0 Å². The number of ether oxygens (including phenoxy) is 2. The lowest BCUT2D eigenvalue weighted by atomic mass is 9.99. The van der Waals surface area contributed by atoms with E-state index in [1.807, 2.05) is 0 Å². The van der Waals surface area contributed by atoms with E-state index in [1.54, 1.807) is 12.3 Å². The summed E-state index contributed by atoms with van der Waals surface area (Å²) in [6.07, 6.45) is 1.60. The van der Waals surface area contributed by atoms with Gasteiger partial charge in [0.15, 0.2) is 0 Å². The number of rotatable bonds is 2. The molecule has 0 bridgehead atoms. The van der Waals surface area contributed by atoms with Crippen molar-refractivity contribution in [3.63, 3.8) is 0 Å². The van der Waals surface area contributed by atoms with Gasteiger partial charge in [-0.25, -0.2) is 4.98 Å². The Morgan fingerprint density at radius 3 is 2.88 bits per heavy atom. The summed E-state index contributed by atoms with van der Waals surface area (Å²) in [7, 11) is 1.46. The molecule has 0 aromatic carbocycles. The van der Waals surface area contributed by atoms with Crippen LogP contribution in [0.1, 0.15) is 17.9 Å². The number of halogens is 1. The molecule has 1 aliphatic rings. The summed E-state index contributed by atoms with van der Waals surface area (Å²) in [5.41, 5.74) is 0.563. The molecule has 0 N–H and O–H groups in total. The molecule has 1 fully saturated rings. The number of carbonyl (C=O) groups excluding carboxylic acids is 2. The average Bonchev–Trinajstić information content (AvgIpc) is 2.57. The molecule has 0 aliphatic carbocycles. The van der Waals surface area contributed by atoms with Crippen molar-refractivity contribution in [2.24, 2.45) is 0 Å². The number of hydrogen-bond acceptors (Lipinski definition) is 5. The fourth-order valence-corrected chi connectivity index (χ4v) is 1.92. The number of carbonyl (C=O) groups is 2. The van der Waals surface area contributed by atoms with Gasteiger partial charge in [0.25, 0.3) is 0 Å². The highest BCUT2D eigenvalue weighted by atomic mass is 79.9. The zero-order chi connectivity index (χ0) is 11.7. The highest BCUT2D eigenvalue weighted by Crippen LogP contribution is 2.34. The van der Waals surface area contributed by atoms with E-state index in [4.69, 9.17) is 4.74 Å². The van der Waals surface area contributed by atoms with E-state index in [9.17, 15) is 9.59 Å². The van der Waals surface area contributed by atoms with E-state index in [2.05, 4.69) is 25.7 Å². The second-order valence-corrected chi connectivity index (χ2v) is 4.22. The van der Waals surface area contributed by atoms with E-state index >= 15 is 0 Å². The van der Waals surface area contributed by atoms with Gasteiger partial charge < -0.3 is 9.47 Å². The van der Waals surface area contributed by atoms with Gasteiger partial charge in [0, 0.05) is 16.2 Å². The van der Waals surface area contributed by atoms with Gasteiger partial charge in [0.1, 0.15) is 0 Å². The number of esters is 2. The maximum atomic E-state index is 11.4. The van der Waals surface area contributed by atoms with Crippen molar-refractivity contribution < 1.29 is 19.1 Å². The molecule has 6 heteroatoms. The first-order chi connectivity index (χ1) is 7.61. The minimum absolute atomic E-state index is 0.0350. The van der Waals surface area contributed by atoms with Crippen LogP contribution in [0.4, 0.5) is 0 Å². The van der Waals surface area contributed by atoms with E-state index in [0.29, 0.717) is 11.4 Å². The van der Waals surface area contributed by atoms with Crippen molar-refractivity contribution in [1.82, 2.24) is 4.98 Å². The minimum atomic E-state index is -0.618. The van der Waals surface area contributed by atoms with Crippen LogP contribution in [-0.2, 0) is 14.3 Å². The SMILES string of the molecule is COc1ncc(Br)cc1C1CC(=O)OC1=O. The molecule has 2 rings (SSSR count). The molecule has 0 spiro atoms. The lowest BCUT2D eigenvalue weighted by molar-refractivity contribution is -0.152. The molecule has 0 radical (unpaired) electrons. The highest BCUT2D eigenvalue weighted by Gasteiger charge is 2.37. The third-order valence-corrected chi connectivity index (χ3v) is 2.72. The smallest absolute Gasteiger partial charge is 0.321 e. The van der Waals surface area contributed by atoms with Gasteiger partial charge >= 0.3 is 11.9 Å². The summed E-state index contributed by atoms with van der Waals surface area (Å²) in [6.45, 7) is 0. The van der Waals surface area contributed by atoms with Crippen LogP contribution >= 0.6 is 15.9 Å². The van der Waals surface area contributed by atoms with Crippen LogP contribution in [-0.4, -0.2) is 24.0 Å². The molecule has 0 amide bonds. The van der Waals surface area contributed by atoms with E-state index < -0.39 is 17.9 Å². The minimum Gasteiger partial charge on any atom is -0.481 e. The molecule has 5 nitrogen and oxygen atoms in total.